The average Bonchev–Trinajstić information content (AvgIpc) is 3.35. The molecule has 1 aromatic heterocycles. The molecule has 1 aromatic carbocycles. The molecule has 1 heterocycles. The van der Waals surface area contributed by atoms with Gasteiger partial charge in [-0.1, -0.05) is 6.92 Å². The number of benzene rings is 1. The summed E-state index contributed by atoms with van der Waals surface area (Å²) in [6, 6.07) is 7.31. The number of hydrogen-bond acceptors (Lipinski definition) is 4. The largest absolute Gasteiger partial charge is 0.352 e. The molecule has 1 aliphatic carbocycles. The summed E-state index contributed by atoms with van der Waals surface area (Å²) in [7, 11) is 0. The van der Waals surface area contributed by atoms with Crippen LogP contribution in [0, 0.1) is 12.7 Å². The van der Waals surface area contributed by atoms with Gasteiger partial charge in [0.15, 0.2) is 0 Å². The van der Waals surface area contributed by atoms with Gasteiger partial charge in [-0.2, -0.15) is 4.98 Å². The smallest absolute Gasteiger partial charge is 0.225 e. The zero-order valence-corrected chi connectivity index (χ0v) is 13.9. The molecule has 0 saturated heterocycles. The molecule has 122 valence electrons. The maximum atomic E-state index is 13.4. The van der Waals surface area contributed by atoms with Crippen molar-refractivity contribution in [2.24, 2.45) is 0 Å². The second-order valence-electron chi connectivity index (χ2n) is 6.32. The summed E-state index contributed by atoms with van der Waals surface area (Å²) in [6.45, 7) is 6.00. The van der Waals surface area contributed by atoms with Crippen LogP contribution < -0.4 is 10.6 Å². The summed E-state index contributed by atoms with van der Waals surface area (Å²) in [6.07, 6.45) is 3.39. The third kappa shape index (κ3) is 3.97. The van der Waals surface area contributed by atoms with Crippen molar-refractivity contribution in [1.29, 1.82) is 0 Å². The van der Waals surface area contributed by atoms with Gasteiger partial charge < -0.3 is 10.6 Å². The molecule has 0 radical (unpaired) electrons. The monoisotopic (exact) mass is 314 g/mol. The lowest BCUT2D eigenvalue weighted by atomic mass is 10.2. The number of hydrogen-bond donors (Lipinski definition) is 2. The van der Waals surface area contributed by atoms with E-state index in [1.165, 1.54) is 18.9 Å². The van der Waals surface area contributed by atoms with E-state index >= 15 is 0 Å². The van der Waals surface area contributed by atoms with Crippen molar-refractivity contribution >= 4 is 17.5 Å². The standard InChI is InChI=1S/C18H23FN4/c1-4-12(3)20-18-22-16(13-5-6-13)10-17(23-18)21-14-7-8-15(19)11(2)9-14/h7-10,12-13H,4-6H2,1-3H3,(H2,20,21,22,23)/t12-/m1/s1. The van der Waals surface area contributed by atoms with Crippen molar-refractivity contribution in [2.45, 2.75) is 52.0 Å². The van der Waals surface area contributed by atoms with Crippen LogP contribution >= 0.6 is 0 Å². The van der Waals surface area contributed by atoms with Crippen molar-refractivity contribution in [3.8, 4) is 0 Å². The molecule has 1 fully saturated rings. The number of nitrogens with zero attached hydrogens (tertiary/aromatic N) is 2. The molecule has 5 heteroatoms. The summed E-state index contributed by atoms with van der Waals surface area (Å²) in [5.74, 6) is 1.76. The predicted molar refractivity (Wildman–Crippen MR) is 91.8 cm³/mol. The summed E-state index contributed by atoms with van der Waals surface area (Å²) in [5, 5.41) is 6.61. The number of anilines is 3. The Labute approximate surface area is 136 Å². The van der Waals surface area contributed by atoms with Crippen LogP contribution in [0.5, 0.6) is 0 Å². The second-order valence-corrected chi connectivity index (χ2v) is 6.32. The highest BCUT2D eigenvalue weighted by Gasteiger charge is 2.26. The maximum Gasteiger partial charge on any atom is 0.225 e. The van der Waals surface area contributed by atoms with E-state index in [9.17, 15) is 4.39 Å². The van der Waals surface area contributed by atoms with Gasteiger partial charge in [0.2, 0.25) is 5.95 Å². The highest BCUT2D eigenvalue weighted by molar-refractivity contribution is 5.59. The zero-order valence-electron chi connectivity index (χ0n) is 13.9. The third-order valence-corrected chi connectivity index (χ3v) is 4.16. The van der Waals surface area contributed by atoms with Gasteiger partial charge in [0.25, 0.3) is 0 Å². The Bertz CT molecular complexity index is 697. The number of nitrogens with one attached hydrogen (secondary N) is 2. The third-order valence-electron chi connectivity index (χ3n) is 4.16. The molecule has 0 aliphatic heterocycles. The Hall–Kier alpha value is -2.17. The fourth-order valence-electron chi connectivity index (χ4n) is 2.38. The topological polar surface area (TPSA) is 49.8 Å². The van der Waals surface area contributed by atoms with Gasteiger partial charge in [0.1, 0.15) is 11.6 Å². The van der Waals surface area contributed by atoms with E-state index in [1.807, 2.05) is 6.07 Å². The van der Waals surface area contributed by atoms with Crippen LogP contribution in [0.3, 0.4) is 0 Å². The molecule has 2 aromatic rings. The summed E-state index contributed by atoms with van der Waals surface area (Å²) in [5.41, 5.74) is 2.52. The predicted octanol–water partition coefficient (Wildman–Crippen LogP) is 4.76. The fraction of sp³-hybridized carbons (Fsp3) is 0.444. The Morgan fingerprint density at radius 1 is 1.26 bits per heavy atom. The lowest BCUT2D eigenvalue weighted by Crippen LogP contribution is -2.16. The maximum absolute atomic E-state index is 13.4. The van der Waals surface area contributed by atoms with Gasteiger partial charge in [0.05, 0.1) is 5.69 Å². The minimum absolute atomic E-state index is 0.198. The highest BCUT2D eigenvalue weighted by Crippen LogP contribution is 2.40. The lowest BCUT2D eigenvalue weighted by Gasteiger charge is -2.14. The van der Waals surface area contributed by atoms with E-state index in [1.54, 1.807) is 19.1 Å². The Kier molecular flexibility index (Phi) is 4.46. The molecule has 1 aliphatic rings. The molecule has 0 bridgehead atoms. The molecule has 4 nitrogen and oxygen atoms in total. The van der Waals surface area contributed by atoms with E-state index in [4.69, 9.17) is 0 Å². The summed E-state index contributed by atoms with van der Waals surface area (Å²) < 4.78 is 13.4. The molecule has 0 amide bonds. The summed E-state index contributed by atoms with van der Waals surface area (Å²) >= 11 is 0. The van der Waals surface area contributed by atoms with Crippen LogP contribution in [-0.2, 0) is 0 Å². The Morgan fingerprint density at radius 3 is 2.70 bits per heavy atom. The molecular formula is C18H23FN4. The molecule has 2 N–H and O–H groups in total. The number of halogens is 1. The second kappa shape index (κ2) is 6.52. The first-order chi connectivity index (χ1) is 11.0. The SMILES string of the molecule is CC[C@@H](C)Nc1nc(Nc2ccc(F)c(C)c2)cc(C2CC2)n1. The van der Waals surface area contributed by atoms with Crippen molar-refractivity contribution in [3.63, 3.8) is 0 Å². The van der Waals surface area contributed by atoms with E-state index in [0.29, 0.717) is 23.5 Å². The van der Waals surface area contributed by atoms with Crippen molar-refractivity contribution in [2.75, 3.05) is 10.6 Å². The Balaban J connectivity index is 1.86. The molecular weight excluding hydrogens is 291 g/mol. The number of aromatic nitrogens is 2. The van der Waals surface area contributed by atoms with Gasteiger partial charge in [-0.05, 0) is 56.9 Å². The minimum Gasteiger partial charge on any atom is -0.352 e. The van der Waals surface area contributed by atoms with E-state index < -0.39 is 0 Å². The van der Waals surface area contributed by atoms with Crippen LogP contribution in [-0.4, -0.2) is 16.0 Å². The zero-order chi connectivity index (χ0) is 16.4. The van der Waals surface area contributed by atoms with Crippen LogP contribution in [0.25, 0.3) is 0 Å². The van der Waals surface area contributed by atoms with Crippen molar-refractivity contribution < 1.29 is 4.39 Å². The molecule has 1 saturated carbocycles. The molecule has 1 atom stereocenters. The minimum atomic E-state index is -0.198. The van der Waals surface area contributed by atoms with E-state index in [2.05, 4.69) is 34.4 Å². The van der Waals surface area contributed by atoms with Crippen LogP contribution in [0.2, 0.25) is 0 Å². The first-order valence-corrected chi connectivity index (χ1v) is 8.24. The van der Waals surface area contributed by atoms with E-state index in [-0.39, 0.29) is 5.82 Å². The quantitative estimate of drug-likeness (QED) is 0.807. The molecule has 0 spiro atoms. The summed E-state index contributed by atoms with van der Waals surface area (Å²) in [4.78, 5) is 9.19. The normalized spacial score (nSPS) is 15.3. The number of aryl methyl sites for hydroxylation is 1. The number of rotatable bonds is 6. The molecule has 23 heavy (non-hydrogen) atoms. The van der Waals surface area contributed by atoms with E-state index in [0.717, 1.165) is 23.6 Å². The van der Waals surface area contributed by atoms with Crippen molar-refractivity contribution in [1.82, 2.24) is 9.97 Å². The van der Waals surface area contributed by atoms with Crippen LogP contribution in [0.1, 0.15) is 50.3 Å². The molecule has 0 unspecified atom stereocenters. The lowest BCUT2D eigenvalue weighted by molar-refractivity contribution is 0.619. The Morgan fingerprint density at radius 2 is 2.04 bits per heavy atom. The van der Waals surface area contributed by atoms with Gasteiger partial charge in [0, 0.05) is 23.7 Å². The van der Waals surface area contributed by atoms with Crippen molar-refractivity contribution in [3.05, 3.63) is 41.3 Å². The van der Waals surface area contributed by atoms with Gasteiger partial charge in [-0.25, -0.2) is 9.37 Å². The van der Waals surface area contributed by atoms with Gasteiger partial charge in [-0.15, -0.1) is 0 Å². The fourth-order valence-corrected chi connectivity index (χ4v) is 2.38. The van der Waals surface area contributed by atoms with Crippen LogP contribution in [0.15, 0.2) is 24.3 Å². The molecule has 3 rings (SSSR count). The first-order valence-electron chi connectivity index (χ1n) is 8.24. The average molecular weight is 314 g/mol. The first kappa shape index (κ1) is 15.7. The van der Waals surface area contributed by atoms with Gasteiger partial charge >= 0.3 is 0 Å². The highest BCUT2D eigenvalue weighted by atomic mass is 19.1. The van der Waals surface area contributed by atoms with Crippen LogP contribution in [0.4, 0.5) is 21.8 Å². The van der Waals surface area contributed by atoms with Gasteiger partial charge in [-0.3, -0.25) is 0 Å².